The van der Waals surface area contributed by atoms with Crippen LogP contribution in [0.15, 0.2) is 18.0 Å². The molecule has 0 aliphatic rings. The van der Waals surface area contributed by atoms with Crippen molar-refractivity contribution in [3.05, 3.63) is 24.6 Å². The number of nitrogens with one attached hydrogen (secondary N) is 2. The first kappa shape index (κ1) is 33.9. The number of esters is 1. The van der Waals surface area contributed by atoms with Gasteiger partial charge in [-0.15, -0.1) is 0 Å². The molecule has 0 heterocycles. The second kappa shape index (κ2) is 23.3. The van der Waals surface area contributed by atoms with Gasteiger partial charge < -0.3 is 38.5 Å². The molecule has 3 unspecified atom stereocenters. The number of hydrogen-bond donors (Lipinski definition) is 5. The molecule has 0 fully saturated rings. The Bertz CT molecular complexity index is 612. The minimum atomic E-state index is -0.917. The Morgan fingerprint density at radius 1 is 0.972 bits per heavy atom. The predicted octanol–water partition coefficient (Wildman–Crippen LogP) is 3.97. The fraction of sp³-hybridized carbons (Fsp3) is 0.786. The number of carbonyl (C=O) groups excluding carboxylic acids is 2. The van der Waals surface area contributed by atoms with Gasteiger partial charge in [0.1, 0.15) is 12.6 Å². The van der Waals surface area contributed by atoms with E-state index >= 15 is 0 Å². The molecule has 0 aromatic carbocycles. The van der Waals surface area contributed by atoms with Gasteiger partial charge in [0.25, 0.3) is 0 Å². The lowest BCUT2D eigenvalue weighted by molar-refractivity contribution is -0.149. The van der Waals surface area contributed by atoms with Crippen molar-refractivity contribution in [2.24, 2.45) is 11.5 Å². The zero-order valence-corrected chi connectivity index (χ0v) is 22.8. The van der Waals surface area contributed by atoms with Gasteiger partial charge in [-0.05, 0) is 19.8 Å². The fourth-order valence-electron chi connectivity index (χ4n) is 3.90. The first-order chi connectivity index (χ1) is 17.3. The third-order valence-corrected chi connectivity index (χ3v) is 6.14. The number of carbonyl (C=O) groups is 2. The summed E-state index contributed by atoms with van der Waals surface area (Å²) in [5.74, 6) is -0.755. The van der Waals surface area contributed by atoms with E-state index in [1.165, 1.54) is 70.3 Å². The van der Waals surface area contributed by atoms with E-state index in [9.17, 15) is 14.7 Å². The highest BCUT2D eigenvalue weighted by Gasteiger charge is 2.23. The van der Waals surface area contributed by atoms with Crippen LogP contribution in [0.4, 0.5) is 0 Å². The topological polar surface area (TPSA) is 140 Å². The van der Waals surface area contributed by atoms with Gasteiger partial charge in [-0.3, -0.25) is 4.79 Å². The quantitative estimate of drug-likeness (QED) is 0.0574. The summed E-state index contributed by atoms with van der Waals surface area (Å²) in [5.41, 5.74) is 11.2. The first-order valence-electron chi connectivity index (χ1n) is 14.0. The van der Waals surface area contributed by atoms with Crippen molar-refractivity contribution < 1.29 is 19.4 Å². The maximum Gasteiger partial charge on any atom is 0.328 e. The van der Waals surface area contributed by atoms with Gasteiger partial charge >= 0.3 is 5.97 Å². The van der Waals surface area contributed by atoms with E-state index in [0.29, 0.717) is 13.0 Å². The highest BCUT2D eigenvalue weighted by molar-refractivity contribution is 5.84. The molecule has 7 N–H and O–H groups in total. The smallest absolute Gasteiger partial charge is 0.328 e. The summed E-state index contributed by atoms with van der Waals surface area (Å²) in [7, 11) is 0. The number of amides is 1. The molecule has 0 aromatic rings. The molecule has 0 spiro atoms. The lowest BCUT2D eigenvalue weighted by atomic mass is 10.0. The molecule has 0 saturated heterocycles. The molecule has 8 heteroatoms. The number of ether oxygens (including phenoxy) is 1. The molecule has 0 bridgehead atoms. The van der Waals surface area contributed by atoms with Crippen molar-refractivity contribution in [2.75, 3.05) is 13.2 Å². The Hall–Kier alpha value is -2.06. The Morgan fingerprint density at radius 2 is 1.50 bits per heavy atom. The Morgan fingerprint density at radius 3 is 2.00 bits per heavy atom. The van der Waals surface area contributed by atoms with Gasteiger partial charge in [0.15, 0.2) is 0 Å². The number of allylic oxidation sites excluding steroid dienone is 1. The van der Waals surface area contributed by atoms with E-state index < -0.39 is 24.2 Å². The van der Waals surface area contributed by atoms with Crippen LogP contribution in [0.1, 0.15) is 110 Å². The standard InChI is InChI=1S/C28H53N4O4/c1-4-6-7-8-9-10-11-12-13-14-15-16-17-19-27(34)32-25(20-21-31-23(3)29)28(35)36-22-24(30)26(33)18-5-2/h3,5,18,24-26,31,33H,4,6-17,19-22,29-30H2,1-2H3,(H,32,34)/q-1. The van der Waals surface area contributed by atoms with Gasteiger partial charge in [0.05, 0.1) is 12.1 Å². The normalized spacial score (nSPS) is 13.8. The average molecular weight is 510 g/mol. The largest absolute Gasteiger partial charge is 0.472 e. The number of aliphatic hydroxyl groups is 1. The van der Waals surface area contributed by atoms with Crippen LogP contribution in [-0.4, -0.2) is 48.3 Å². The number of unbranched alkanes of at least 4 members (excludes halogenated alkanes) is 12. The number of nitrogens with two attached hydrogens (primary N) is 2. The van der Waals surface area contributed by atoms with E-state index in [2.05, 4.69) is 17.6 Å². The lowest BCUT2D eigenvalue weighted by Gasteiger charge is -2.21. The van der Waals surface area contributed by atoms with E-state index in [1.54, 1.807) is 13.0 Å². The SMILES string of the molecule is [CH-]=C(N)NCCC(NC(=O)CCCCCCCCCCCCCCC)C(=O)OCC(N)C(O)C=CC. The molecule has 8 nitrogen and oxygen atoms in total. The molecule has 0 saturated carbocycles. The van der Waals surface area contributed by atoms with Gasteiger partial charge in [-0.2, -0.15) is 0 Å². The maximum atomic E-state index is 12.5. The zero-order valence-electron chi connectivity index (χ0n) is 22.8. The third kappa shape index (κ3) is 20.2. The van der Waals surface area contributed by atoms with E-state index in [0.717, 1.165) is 19.3 Å². The summed E-state index contributed by atoms with van der Waals surface area (Å²) in [6.45, 7) is 9.56. The summed E-state index contributed by atoms with van der Waals surface area (Å²) in [6.07, 6.45) is 19.0. The van der Waals surface area contributed by atoms with Crippen LogP contribution in [0.2, 0.25) is 0 Å². The molecule has 0 rings (SSSR count). The Kier molecular flexibility index (Phi) is 22.0. The molecule has 0 radical (unpaired) electrons. The first-order valence-corrected chi connectivity index (χ1v) is 14.0. The van der Waals surface area contributed by atoms with Crippen LogP contribution >= 0.6 is 0 Å². The van der Waals surface area contributed by atoms with Crippen molar-refractivity contribution >= 4 is 11.9 Å². The monoisotopic (exact) mass is 509 g/mol. The lowest BCUT2D eigenvalue weighted by Crippen LogP contribution is -2.46. The molecule has 3 atom stereocenters. The molecular formula is C28H53N4O4-. The Balaban J connectivity index is 4.16. The van der Waals surface area contributed by atoms with Crippen LogP contribution < -0.4 is 22.1 Å². The van der Waals surface area contributed by atoms with Gasteiger partial charge in [-0.25, -0.2) is 4.79 Å². The Labute approximate surface area is 219 Å². The number of rotatable bonds is 24. The van der Waals surface area contributed by atoms with E-state index in [1.807, 2.05) is 0 Å². The minimum absolute atomic E-state index is 0.0388. The molecule has 1 amide bonds. The highest BCUT2D eigenvalue weighted by atomic mass is 16.5. The average Bonchev–Trinajstić information content (AvgIpc) is 2.84. The summed E-state index contributed by atoms with van der Waals surface area (Å²) < 4.78 is 5.24. The summed E-state index contributed by atoms with van der Waals surface area (Å²) in [5, 5.41) is 15.3. The van der Waals surface area contributed by atoms with Gasteiger partial charge in [0.2, 0.25) is 5.91 Å². The molecule has 36 heavy (non-hydrogen) atoms. The van der Waals surface area contributed by atoms with Gasteiger partial charge in [-0.1, -0.05) is 102 Å². The summed E-state index contributed by atoms with van der Waals surface area (Å²) in [4.78, 5) is 25.0. The van der Waals surface area contributed by atoms with Crippen molar-refractivity contribution in [3.63, 3.8) is 0 Å². The van der Waals surface area contributed by atoms with Crippen LogP contribution in [0.5, 0.6) is 0 Å². The van der Waals surface area contributed by atoms with Crippen molar-refractivity contribution in [2.45, 2.75) is 128 Å². The maximum absolute atomic E-state index is 12.5. The van der Waals surface area contributed by atoms with Crippen LogP contribution in [0.25, 0.3) is 0 Å². The van der Waals surface area contributed by atoms with Crippen molar-refractivity contribution in [3.8, 4) is 0 Å². The van der Waals surface area contributed by atoms with Crippen molar-refractivity contribution in [1.29, 1.82) is 0 Å². The van der Waals surface area contributed by atoms with Crippen LogP contribution in [-0.2, 0) is 14.3 Å². The molecular weight excluding hydrogens is 456 g/mol. The summed E-state index contributed by atoms with van der Waals surface area (Å²) in [6, 6.07) is -1.60. The second-order valence-corrected chi connectivity index (χ2v) is 9.59. The molecule has 0 aromatic heterocycles. The van der Waals surface area contributed by atoms with Crippen LogP contribution in [0, 0.1) is 6.58 Å². The molecule has 0 aliphatic heterocycles. The summed E-state index contributed by atoms with van der Waals surface area (Å²) >= 11 is 0. The van der Waals surface area contributed by atoms with Gasteiger partial charge in [0, 0.05) is 13.0 Å². The number of hydrogen-bond acceptors (Lipinski definition) is 7. The molecule has 0 aliphatic carbocycles. The second-order valence-electron chi connectivity index (χ2n) is 9.59. The third-order valence-electron chi connectivity index (χ3n) is 6.14. The van der Waals surface area contributed by atoms with Crippen LogP contribution in [0.3, 0.4) is 0 Å². The molecule has 210 valence electrons. The van der Waals surface area contributed by atoms with E-state index in [4.69, 9.17) is 22.8 Å². The zero-order chi connectivity index (χ0) is 27.0. The predicted molar refractivity (Wildman–Crippen MR) is 147 cm³/mol. The minimum Gasteiger partial charge on any atom is -0.472 e. The number of aliphatic hydroxyl groups excluding tert-OH is 1. The highest BCUT2D eigenvalue weighted by Crippen LogP contribution is 2.13. The van der Waals surface area contributed by atoms with E-state index in [-0.39, 0.29) is 24.8 Å². The van der Waals surface area contributed by atoms with Crippen molar-refractivity contribution in [1.82, 2.24) is 10.6 Å². The fourth-order valence-corrected chi connectivity index (χ4v) is 3.90.